The van der Waals surface area contributed by atoms with Crippen LogP contribution in [0.5, 0.6) is 0 Å². The molecule has 0 saturated carbocycles. The van der Waals surface area contributed by atoms with Crippen molar-refractivity contribution in [3.8, 4) is 5.69 Å². The van der Waals surface area contributed by atoms with Crippen LogP contribution in [0, 0.1) is 16.4 Å². The summed E-state index contributed by atoms with van der Waals surface area (Å²) in [6.07, 6.45) is 1.51. The molecule has 0 saturated heterocycles. The zero-order chi connectivity index (χ0) is 13.3. The molecular formula is C11H10BrF2N3S. The molecule has 3 nitrogen and oxygen atoms in total. The van der Waals surface area contributed by atoms with Crippen molar-refractivity contribution in [2.75, 3.05) is 0 Å². The molecule has 0 spiro atoms. The number of rotatable bonds is 3. The first-order valence-electron chi connectivity index (χ1n) is 5.35. The van der Waals surface area contributed by atoms with Gasteiger partial charge in [0.2, 0.25) is 0 Å². The number of nitrogens with zero attached hydrogens (tertiary/aromatic N) is 2. The van der Waals surface area contributed by atoms with Crippen molar-refractivity contribution in [2.24, 2.45) is 0 Å². The van der Waals surface area contributed by atoms with Crippen molar-refractivity contribution in [2.45, 2.75) is 19.8 Å². The maximum Gasteiger partial charge on any atom is 0.199 e. The SMILES string of the molecule is CCCc1n[nH]c(=S)n1-c1cc(Br)c(F)cc1F. The van der Waals surface area contributed by atoms with E-state index in [1.807, 2.05) is 6.92 Å². The van der Waals surface area contributed by atoms with E-state index in [4.69, 9.17) is 12.2 Å². The van der Waals surface area contributed by atoms with Crippen molar-refractivity contribution in [3.63, 3.8) is 0 Å². The second-order valence-corrected chi connectivity index (χ2v) is 4.99. The highest BCUT2D eigenvalue weighted by Gasteiger charge is 2.14. The molecule has 2 rings (SSSR count). The molecule has 0 atom stereocenters. The van der Waals surface area contributed by atoms with Gasteiger partial charge in [0.25, 0.3) is 0 Å². The smallest absolute Gasteiger partial charge is 0.199 e. The summed E-state index contributed by atoms with van der Waals surface area (Å²) >= 11 is 8.11. The van der Waals surface area contributed by atoms with Crippen molar-refractivity contribution in [1.29, 1.82) is 0 Å². The van der Waals surface area contributed by atoms with Crippen LogP contribution in [0.25, 0.3) is 5.69 Å². The van der Waals surface area contributed by atoms with Crippen LogP contribution in [0.15, 0.2) is 16.6 Å². The predicted octanol–water partition coefficient (Wildman–Crippen LogP) is 3.92. The fourth-order valence-electron chi connectivity index (χ4n) is 1.65. The van der Waals surface area contributed by atoms with Gasteiger partial charge in [-0.05, 0) is 40.6 Å². The van der Waals surface area contributed by atoms with Crippen LogP contribution in [0.3, 0.4) is 0 Å². The van der Waals surface area contributed by atoms with Gasteiger partial charge in [0.05, 0.1) is 10.2 Å². The van der Waals surface area contributed by atoms with Gasteiger partial charge in [-0.3, -0.25) is 9.67 Å². The Labute approximate surface area is 116 Å². The standard InChI is InChI=1S/C11H10BrF2N3S/c1-2-3-10-15-16-11(18)17(10)9-4-6(12)7(13)5-8(9)14/h4-5H,2-3H2,1H3,(H,16,18). The summed E-state index contributed by atoms with van der Waals surface area (Å²) in [7, 11) is 0. The highest BCUT2D eigenvalue weighted by molar-refractivity contribution is 9.10. The second-order valence-electron chi connectivity index (χ2n) is 3.75. The number of hydrogen-bond donors (Lipinski definition) is 1. The number of aromatic amines is 1. The van der Waals surface area contributed by atoms with Crippen LogP contribution in [-0.2, 0) is 6.42 Å². The molecule has 0 aliphatic heterocycles. The van der Waals surface area contributed by atoms with E-state index >= 15 is 0 Å². The number of benzene rings is 1. The minimum atomic E-state index is -0.675. The first-order chi connectivity index (χ1) is 8.54. The Kier molecular flexibility index (Phi) is 3.91. The number of H-pyrrole nitrogens is 1. The summed E-state index contributed by atoms with van der Waals surface area (Å²) in [5.41, 5.74) is 0.186. The highest BCUT2D eigenvalue weighted by Crippen LogP contribution is 2.24. The third-order valence-corrected chi connectivity index (χ3v) is 3.33. The van der Waals surface area contributed by atoms with Crippen LogP contribution < -0.4 is 0 Å². The molecule has 0 radical (unpaired) electrons. The largest absolute Gasteiger partial charge is 0.269 e. The summed E-state index contributed by atoms with van der Waals surface area (Å²) < 4.78 is 29.0. The van der Waals surface area contributed by atoms with E-state index in [1.165, 1.54) is 10.6 Å². The predicted molar refractivity (Wildman–Crippen MR) is 70.4 cm³/mol. The minimum absolute atomic E-state index is 0.185. The van der Waals surface area contributed by atoms with Gasteiger partial charge in [-0.2, -0.15) is 5.10 Å². The normalized spacial score (nSPS) is 10.9. The molecule has 96 valence electrons. The molecule has 2 aromatic rings. The third-order valence-electron chi connectivity index (χ3n) is 2.45. The van der Waals surface area contributed by atoms with Gasteiger partial charge in [0, 0.05) is 12.5 Å². The lowest BCUT2D eigenvalue weighted by molar-refractivity contribution is 0.571. The number of aryl methyl sites for hydroxylation is 1. The maximum atomic E-state index is 13.8. The lowest BCUT2D eigenvalue weighted by Gasteiger charge is -2.08. The molecule has 1 aromatic heterocycles. The van der Waals surface area contributed by atoms with Crippen molar-refractivity contribution in [3.05, 3.63) is 38.8 Å². The number of hydrogen-bond acceptors (Lipinski definition) is 2. The van der Waals surface area contributed by atoms with Gasteiger partial charge in [0.1, 0.15) is 17.5 Å². The van der Waals surface area contributed by atoms with E-state index < -0.39 is 11.6 Å². The third kappa shape index (κ3) is 2.37. The van der Waals surface area contributed by atoms with Crippen molar-refractivity contribution < 1.29 is 8.78 Å². The second kappa shape index (κ2) is 5.27. The van der Waals surface area contributed by atoms with E-state index in [9.17, 15) is 8.78 Å². The lowest BCUT2D eigenvalue weighted by atomic mass is 10.2. The molecule has 1 aromatic carbocycles. The molecule has 18 heavy (non-hydrogen) atoms. The van der Waals surface area contributed by atoms with E-state index in [2.05, 4.69) is 26.1 Å². The summed E-state index contributed by atoms with van der Waals surface area (Å²) in [6.45, 7) is 1.99. The van der Waals surface area contributed by atoms with E-state index in [1.54, 1.807) is 0 Å². The summed E-state index contributed by atoms with van der Waals surface area (Å²) in [5.74, 6) is -0.700. The van der Waals surface area contributed by atoms with Crippen LogP contribution in [0.1, 0.15) is 19.2 Å². The number of halogens is 3. The van der Waals surface area contributed by atoms with Crippen LogP contribution in [-0.4, -0.2) is 14.8 Å². The van der Waals surface area contributed by atoms with Gasteiger partial charge >= 0.3 is 0 Å². The average Bonchev–Trinajstić information content (AvgIpc) is 2.66. The molecular weight excluding hydrogens is 324 g/mol. The molecule has 7 heteroatoms. The molecule has 1 N–H and O–H groups in total. The van der Waals surface area contributed by atoms with Gasteiger partial charge in [-0.25, -0.2) is 8.78 Å². The van der Waals surface area contributed by atoms with Gasteiger partial charge in [-0.1, -0.05) is 6.92 Å². The first-order valence-corrected chi connectivity index (χ1v) is 6.56. The van der Waals surface area contributed by atoms with Crippen LogP contribution >= 0.6 is 28.1 Å². The molecule has 0 aliphatic rings. The zero-order valence-corrected chi connectivity index (χ0v) is 11.9. The lowest BCUT2D eigenvalue weighted by Crippen LogP contribution is -2.04. The fourth-order valence-corrected chi connectivity index (χ4v) is 2.23. The van der Waals surface area contributed by atoms with Gasteiger partial charge in [-0.15, -0.1) is 0 Å². The monoisotopic (exact) mass is 333 g/mol. The Bertz CT molecular complexity index is 636. The van der Waals surface area contributed by atoms with E-state index in [-0.39, 0.29) is 14.9 Å². The average molecular weight is 334 g/mol. The summed E-state index contributed by atoms with van der Waals surface area (Å²) in [5, 5.41) is 6.67. The first kappa shape index (κ1) is 13.4. The number of nitrogens with one attached hydrogen (secondary N) is 1. The molecule has 0 bridgehead atoms. The Morgan fingerprint density at radius 2 is 2.11 bits per heavy atom. The quantitative estimate of drug-likeness (QED) is 0.682. The molecule has 0 unspecified atom stereocenters. The summed E-state index contributed by atoms with van der Waals surface area (Å²) in [6, 6.07) is 2.18. The van der Waals surface area contributed by atoms with Gasteiger partial charge in [0.15, 0.2) is 4.77 Å². The van der Waals surface area contributed by atoms with E-state index in [0.717, 1.165) is 12.5 Å². The van der Waals surface area contributed by atoms with Crippen molar-refractivity contribution in [1.82, 2.24) is 14.8 Å². The molecule has 0 fully saturated rings. The topological polar surface area (TPSA) is 33.6 Å². The minimum Gasteiger partial charge on any atom is -0.269 e. The van der Waals surface area contributed by atoms with E-state index in [0.29, 0.717) is 12.2 Å². The van der Waals surface area contributed by atoms with Crippen LogP contribution in [0.4, 0.5) is 8.78 Å². The Hall–Kier alpha value is -1.08. The highest BCUT2D eigenvalue weighted by atomic mass is 79.9. The Morgan fingerprint density at radius 3 is 2.78 bits per heavy atom. The Balaban J connectivity index is 2.65. The van der Waals surface area contributed by atoms with Gasteiger partial charge < -0.3 is 0 Å². The molecule has 1 heterocycles. The summed E-state index contributed by atoms with van der Waals surface area (Å²) in [4.78, 5) is 0. The molecule has 0 aliphatic carbocycles. The van der Waals surface area contributed by atoms with Crippen LogP contribution in [0.2, 0.25) is 0 Å². The molecule has 0 amide bonds. The Morgan fingerprint density at radius 1 is 1.39 bits per heavy atom. The fraction of sp³-hybridized carbons (Fsp3) is 0.273. The zero-order valence-electron chi connectivity index (χ0n) is 9.51. The maximum absolute atomic E-state index is 13.8. The van der Waals surface area contributed by atoms with Crippen molar-refractivity contribution >= 4 is 28.1 Å². The number of aromatic nitrogens is 3.